The molecule has 1 unspecified atom stereocenters. The monoisotopic (exact) mass is 302 g/mol. The van der Waals surface area contributed by atoms with E-state index in [4.69, 9.17) is 0 Å². The molecule has 0 fully saturated rings. The first-order chi connectivity index (χ1) is 9.44. The molecular weight excluding hydrogens is 285 g/mol. The number of rotatable bonds is 6. The van der Waals surface area contributed by atoms with E-state index in [-0.39, 0.29) is 12.5 Å². The third-order valence-corrected chi connectivity index (χ3v) is 4.07. The average Bonchev–Trinajstić information content (AvgIpc) is 2.77. The topological polar surface area (TPSA) is 24.9 Å². The number of thiazole rings is 1. The van der Waals surface area contributed by atoms with Gasteiger partial charge in [-0.25, -0.2) is 4.98 Å². The smallest absolute Gasteiger partial charge is 0.308 e. The standard InChI is InChI=1S/C14H17F3N2S/c1-10(5-4-8-14(15,16)17)18-9-13-19-11-6-2-3-7-12(11)20-13/h2-3,6-7,10,18H,4-5,8-9H2,1H3. The van der Waals surface area contributed by atoms with Crippen LogP contribution in [0.3, 0.4) is 0 Å². The predicted molar refractivity (Wildman–Crippen MR) is 75.8 cm³/mol. The zero-order valence-corrected chi connectivity index (χ0v) is 12.0. The van der Waals surface area contributed by atoms with E-state index in [2.05, 4.69) is 10.3 Å². The van der Waals surface area contributed by atoms with Crippen LogP contribution in [0.5, 0.6) is 0 Å². The Balaban J connectivity index is 1.77. The zero-order valence-electron chi connectivity index (χ0n) is 11.2. The van der Waals surface area contributed by atoms with Crippen LogP contribution in [-0.2, 0) is 6.54 Å². The number of aromatic nitrogens is 1. The minimum absolute atomic E-state index is 0.0596. The number of fused-ring (bicyclic) bond motifs is 1. The third-order valence-electron chi connectivity index (χ3n) is 3.04. The molecular formula is C14H17F3N2S. The van der Waals surface area contributed by atoms with Crippen molar-refractivity contribution in [1.29, 1.82) is 0 Å². The molecule has 0 saturated heterocycles. The zero-order chi connectivity index (χ0) is 14.6. The predicted octanol–water partition coefficient (Wildman–Crippen LogP) is 4.51. The van der Waals surface area contributed by atoms with Gasteiger partial charge in [0.1, 0.15) is 5.01 Å². The van der Waals surface area contributed by atoms with Crippen LogP contribution in [0.25, 0.3) is 10.2 Å². The fourth-order valence-corrected chi connectivity index (χ4v) is 2.89. The highest BCUT2D eigenvalue weighted by atomic mass is 32.1. The lowest BCUT2D eigenvalue weighted by atomic mass is 10.1. The van der Waals surface area contributed by atoms with Crippen molar-refractivity contribution in [1.82, 2.24) is 10.3 Å². The molecule has 1 aromatic carbocycles. The molecule has 0 aliphatic carbocycles. The Hall–Kier alpha value is -1.14. The first-order valence-electron chi connectivity index (χ1n) is 6.58. The summed E-state index contributed by atoms with van der Waals surface area (Å²) in [6.45, 7) is 2.51. The number of nitrogens with zero attached hydrogens (tertiary/aromatic N) is 1. The molecule has 0 aliphatic heterocycles. The van der Waals surface area contributed by atoms with E-state index in [1.807, 2.05) is 31.2 Å². The van der Waals surface area contributed by atoms with Crippen LogP contribution in [0.1, 0.15) is 31.2 Å². The molecule has 0 saturated carbocycles. The van der Waals surface area contributed by atoms with Gasteiger partial charge in [-0.2, -0.15) is 13.2 Å². The Morgan fingerprint density at radius 1 is 1.30 bits per heavy atom. The van der Waals surface area contributed by atoms with Gasteiger partial charge >= 0.3 is 6.18 Å². The van der Waals surface area contributed by atoms with E-state index < -0.39 is 12.6 Å². The fourth-order valence-electron chi connectivity index (χ4n) is 1.97. The van der Waals surface area contributed by atoms with Crippen LogP contribution in [0.4, 0.5) is 13.2 Å². The summed E-state index contributed by atoms with van der Waals surface area (Å²) < 4.78 is 37.3. The van der Waals surface area contributed by atoms with Crippen molar-refractivity contribution in [2.45, 2.75) is 44.9 Å². The summed E-state index contributed by atoms with van der Waals surface area (Å²) in [6, 6.07) is 7.95. The Bertz CT molecular complexity index is 518. The van der Waals surface area contributed by atoms with E-state index in [9.17, 15) is 13.2 Å². The second-order valence-electron chi connectivity index (χ2n) is 4.86. The summed E-state index contributed by atoms with van der Waals surface area (Å²) in [5, 5.41) is 4.19. The van der Waals surface area contributed by atoms with E-state index >= 15 is 0 Å². The van der Waals surface area contributed by atoms with E-state index in [1.54, 1.807) is 11.3 Å². The van der Waals surface area contributed by atoms with Gasteiger partial charge in [0.15, 0.2) is 0 Å². The molecule has 2 nitrogen and oxygen atoms in total. The molecule has 20 heavy (non-hydrogen) atoms. The molecule has 2 aromatic rings. The quantitative estimate of drug-likeness (QED) is 0.849. The number of benzene rings is 1. The molecule has 2 rings (SSSR count). The van der Waals surface area contributed by atoms with Crippen LogP contribution in [0.15, 0.2) is 24.3 Å². The van der Waals surface area contributed by atoms with Crippen molar-refractivity contribution in [3.63, 3.8) is 0 Å². The van der Waals surface area contributed by atoms with E-state index in [0.29, 0.717) is 13.0 Å². The minimum atomic E-state index is -4.05. The molecule has 6 heteroatoms. The van der Waals surface area contributed by atoms with Crippen LogP contribution >= 0.6 is 11.3 Å². The first-order valence-corrected chi connectivity index (χ1v) is 7.40. The second kappa shape index (κ2) is 6.54. The lowest BCUT2D eigenvalue weighted by Crippen LogP contribution is -2.25. The number of hydrogen-bond donors (Lipinski definition) is 1. The van der Waals surface area contributed by atoms with Gasteiger partial charge < -0.3 is 5.32 Å². The molecule has 0 radical (unpaired) electrons. The highest BCUT2D eigenvalue weighted by Crippen LogP contribution is 2.23. The van der Waals surface area contributed by atoms with Crippen molar-refractivity contribution in [3.05, 3.63) is 29.3 Å². The summed E-state index contributed by atoms with van der Waals surface area (Å²) in [5.41, 5.74) is 0.971. The molecule has 1 N–H and O–H groups in total. The number of hydrogen-bond acceptors (Lipinski definition) is 3. The van der Waals surface area contributed by atoms with Crippen LogP contribution in [0.2, 0.25) is 0 Å². The highest BCUT2D eigenvalue weighted by Gasteiger charge is 2.26. The molecule has 1 atom stereocenters. The largest absolute Gasteiger partial charge is 0.389 e. The summed E-state index contributed by atoms with van der Waals surface area (Å²) in [6.07, 6.45) is -4.07. The summed E-state index contributed by atoms with van der Waals surface area (Å²) in [4.78, 5) is 4.48. The van der Waals surface area contributed by atoms with Gasteiger partial charge in [-0.15, -0.1) is 11.3 Å². The molecule has 0 aliphatic rings. The van der Waals surface area contributed by atoms with Gasteiger partial charge in [-0.1, -0.05) is 12.1 Å². The van der Waals surface area contributed by atoms with E-state index in [1.165, 1.54) is 0 Å². The fraction of sp³-hybridized carbons (Fsp3) is 0.500. The van der Waals surface area contributed by atoms with Crippen molar-refractivity contribution < 1.29 is 13.2 Å². The molecule has 110 valence electrons. The molecule has 1 heterocycles. The van der Waals surface area contributed by atoms with Gasteiger partial charge in [0.05, 0.1) is 10.2 Å². The Kier molecular flexibility index (Phi) is 4.99. The third kappa shape index (κ3) is 4.76. The minimum Gasteiger partial charge on any atom is -0.308 e. The van der Waals surface area contributed by atoms with Crippen LogP contribution in [0, 0.1) is 0 Å². The maximum Gasteiger partial charge on any atom is 0.389 e. The SMILES string of the molecule is CC(CCCC(F)(F)F)NCc1nc2ccccc2s1. The summed E-state index contributed by atoms with van der Waals surface area (Å²) >= 11 is 1.61. The number of alkyl halides is 3. The number of nitrogens with one attached hydrogen (secondary N) is 1. The Labute approximate surface area is 120 Å². The molecule has 0 bridgehead atoms. The van der Waals surface area contributed by atoms with Crippen LogP contribution in [-0.4, -0.2) is 17.2 Å². The lowest BCUT2D eigenvalue weighted by molar-refractivity contribution is -0.135. The maximum absolute atomic E-state index is 12.0. The van der Waals surface area contributed by atoms with Crippen molar-refractivity contribution in [2.24, 2.45) is 0 Å². The van der Waals surface area contributed by atoms with Gasteiger partial charge in [-0.05, 0) is 31.9 Å². The average molecular weight is 302 g/mol. The molecule has 1 aromatic heterocycles. The maximum atomic E-state index is 12.0. The summed E-state index contributed by atoms with van der Waals surface area (Å²) in [5.74, 6) is 0. The van der Waals surface area contributed by atoms with Crippen molar-refractivity contribution >= 4 is 21.6 Å². The van der Waals surface area contributed by atoms with Crippen molar-refractivity contribution in [2.75, 3.05) is 0 Å². The lowest BCUT2D eigenvalue weighted by Gasteiger charge is -2.13. The molecule has 0 spiro atoms. The molecule has 0 amide bonds. The normalized spacial score (nSPS) is 13.8. The number of halogens is 3. The van der Waals surface area contributed by atoms with E-state index in [0.717, 1.165) is 15.2 Å². The van der Waals surface area contributed by atoms with Gasteiger partial charge in [-0.3, -0.25) is 0 Å². The van der Waals surface area contributed by atoms with Gasteiger partial charge in [0, 0.05) is 19.0 Å². The van der Waals surface area contributed by atoms with Crippen molar-refractivity contribution in [3.8, 4) is 0 Å². The highest BCUT2D eigenvalue weighted by molar-refractivity contribution is 7.18. The van der Waals surface area contributed by atoms with Gasteiger partial charge in [0.2, 0.25) is 0 Å². The van der Waals surface area contributed by atoms with Gasteiger partial charge in [0.25, 0.3) is 0 Å². The number of para-hydroxylation sites is 1. The summed E-state index contributed by atoms with van der Waals surface area (Å²) in [7, 11) is 0. The second-order valence-corrected chi connectivity index (χ2v) is 5.98. The van der Waals surface area contributed by atoms with Crippen LogP contribution < -0.4 is 5.32 Å². The Morgan fingerprint density at radius 2 is 2.05 bits per heavy atom. The first kappa shape index (κ1) is 15.3. The Morgan fingerprint density at radius 3 is 2.75 bits per heavy atom.